The monoisotopic (exact) mass is 313 g/mol. The molecule has 10 heteroatoms. The van der Waals surface area contributed by atoms with E-state index in [0.717, 1.165) is 0 Å². The van der Waals surface area contributed by atoms with Crippen molar-refractivity contribution in [2.45, 2.75) is 31.0 Å². The number of nitrogens with two attached hydrogens (primary N) is 1. The molecule has 0 spiro atoms. The maximum atomic E-state index is 14.9. The van der Waals surface area contributed by atoms with E-state index in [1.807, 2.05) is 0 Å². The molecule has 0 aliphatic carbocycles. The number of aromatic amines is 1. The first-order valence-corrected chi connectivity index (χ1v) is 6.60. The zero-order valence-corrected chi connectivity index (χ0v) is 12.0. The van der Waals surface area contributed by atoms with Crippen molar-refractivity contribution in [1.82, 2.24) is 19.5 Å². The molecule has 0 unspecified atom stereocenters. The fourth-order valence-electron chi connectivity index (χ4n) is 2.63. The third kappa shape index (κ3) is 2.07. The lowest BCUT2D eigenvalue weighted by Gasteiger charge is -2.24. The van der Waals surface area contributed by atoms with Gasteiger partial charge in [0.2, 0.25) is 5.95 Å². The molecule has 0 saturated carbocycles. The largest absolute Gasteiger partial charge is 0.387 e. The van der Waals surface area contributed by atoms with Crippen LogP contribution >= 0.6 is 0 Å². The number of methoxy groups -OCH3 is 1. The standard InChI is InChI=1S/C12H16FN5O4/c1-12(13)7(19)5(3-21-2)22-10(12)18-4-15-6-8(18)16-11(14)17-9(6)20/h4-5,7,10,19H,3H2,1-2H3,(H3,14,16,17,20)/t5-,7-,10-,12-/m1/s1. The van der Waals surface area contributed by atoms with Gasteiger partial charge in [-0.25, -0.2) is 9.37 Å². The lowest BCUT2D eigenvalue weighted by atomic mass is 9.98. The summed E-state index contributed by atoms with van der Waals surface area (Å²) in [5.41, 5.74) is 2.96. The van der Waals surface area contributed by atoms with Gasteiger partial charge in [0.05, 0.1) is 12.9 Å². The number of aliphatic hydroxyl groups is 1. The van der Waals surface area contributed by atoms with Crippen molar-refractivity contribution < 1.29 is 19.0 Å². The van der Waals surface area contributed by atoms with Crippen LogP contribution in [0.1, 0.15) is 13.2 Å². The number of rotatable bonds is 3. The van der Waals surface area contributed by atoms with Gasteiger partial charge in [0.1, 0.15) is 12.2 Å². The number of aliphatic hydroxyl groups excluding tert-OH is 1. The number of nitrogen functional groups attached to an aromatic ring is 1. The molecule has 0 bridgehead atoms. The Labute approximate surface area is 123 Å². The van der Waals surface area contributed by atoms with E-state index in [2.05, 4.69) is 15.0 Å². The van der Waals surface area contributed by atoms with E-state index >= 15 is 0 Å². The third-order valence-corrected chi connectivity index (χ3v) is 3.75. The first-order valence-electron chi connectivity index (χ1n) is 6.60. The van der Waals surface area contributed by atoms with Crippen molar-refractivity contribution in [1.29, 1.82) is 0 Å². The summed E-state index contributed by atoms with van der Waals surface area (Å²) in [6.45, 7) is 1.24. The maximum Gasteiger partial charge on any atom is 0.280 e. The van der Waals surface area contributed by atoms with Crippen molar-refractivity contribution in [3.8, 4) is 0 Å². The minimum Gasteiger partial charge on any atom is -0.387 e. The molecule has 0 radical (unpaired) electrons. The quantitative estimate of drug-likeness (QED) is 0.685. The Hall–Kier alpha value is -2.04. The molecule has 9 nitrogen and oxygen atoms in total. The molecule has 2 aromatic rings. The molecule has 2 aromatic heterocycles. The van der Waals surface area contributed by atoms with Gasteiger partial charge in [0, 0.05) is 7.11 Å². The Morgan fingerprint density at radius 2 is 2.41 bits per heavy atom. The van der Waals surface area contributed by atoms with Crippen molar-refractivity contribution in [3.63, 3.8) is 0 Å². The molecule has 0 amide bonds. The Bertz CT molecular complexity index is 758. The second-order valence-corrected chi connectivity index (χ2v) is 5.35. The summed E-state index contributed by atoms with van der Waals surface area (Å²) in [6.07, 6.45) is -2.21. The summed E-state index contributed by atoms with van der Waals surface area (Å²) in [6, 6.07) is 0. The van der Waals surface area contributed by atoms with Crippen LogP contribution in [-0.4, -0.2) is 56.2 Å². The second kappa shape index (κ2) is 5.00. The van der Waals surface area contributed by atoms with Crippen LogP contribution in [0.15, 0.2) is 11.1 Å². The number of hydrogen-bond donors (Lipinski definition) is 3. The van der Waals surface area contributed by atoms with E-state index < -0.39 is 29.7 Å². The van der Waals surface area contributed by atoms with Gasteiger partial charge in [-0.05, 0) is 6.92 Å². The predicted molar refractivity (Wildman–Crippen MR) is 73.9 cm³/mol. The lowest BCUT2D eigenvalue weighted by Crippen LogP contribution is -2.40. The highest BCUT2D eigenvalue weighted by Gasteiger charge is 2.55. The first-order chi connectivity index (χ1) is 10.4. The minimum absolute atomic E-state index is 0.0123. The number of fused-ring (bicyclic) bond motifs is 1. The highest BCUT2D eigenvalue weighted by molar-refractivity contribution is 5.70. The van der Waals surface area contributed by atoms with E-state index in [0.29, 0.717) is 0 Å². The Morgan fingerprint density at radius 1 is 1.68 bits per heavy atom. The first kappa shape index (κ1) is 14.9. The fraction of sp³-hybridized carbons (Fsp3) is 0.583. The molecule has 1 saturated heterocycles. The minimum atomic E-state index is -2.12. The summed E-state index contributed by atoms with van der Waals surface area (Å²) in [4.78, 5) is 21.9. The van der Waals surface area contributed by atoms with Crippen LogP contribution in [0.3, 0.4) is 0 Å². The molecule has 3 heterocycles. The Kier molecular flexibility index (Phi) is 3.38. The van der Waals surface area contributed by atoms with Crippen LogP contribution in [0.4, 0.5) is 10.3 Å². The summed E-state index contributed by atoms with van der Waals surface area (Å²) >= 11 is 0. The normalized spacial score (nSPS) is 31.9. The zero-order valence-electron chi connectivity index (χ0n) is 12.0. The number of nitrogens with one attached hydrogen (secondary N) is 1. The predicted octanol–water partition coefficient (Wildman–Crippen LogP) is -0.665. The molecule has 0 aromatic carbocycles. The molecule has 4 N–H and O–H groups in total. The van der Waals surface area contributed by atoms with Gasteiger partial charge >= 0.3 is 0 Å². The van der Waals surface area contributed by atoms with Crippen molar-refractivity contribution in [2.24, 2.45) is 0 Å². The van der Waals surface area contributed by atoms with Gasteiger partial charge in [0.25, 0.3) is 5.56 Å². The number of ether oxygens (including phenoxy) is 2. The number of halogens is 1. The average molecular weight is 313 g/mol. The van der Waals surface area contributed by atoms with Crippen LogP contribution < -0.4 is 11.3 Å². The highest BCUT2D eigenvalue weighted by atomic mass is 19.1. The summed E-state index contributed by atoms with van der Waals surface area (Å²) in [5, 5.41) is 10.1. The Balaban J connectivity index is 2.09. The second-order valence-electron chi connectivity index (χ2n) is 5.35. The number of H-pyrrole nitrogens is 1. The van der Waals surface area contributed by atoms with Gasteiger partial charge in [-0.2, -0.15) is 4.98 Å². The fourth-order valence-corrected chi connectivity index (χ4v) is 2.63. The topological polar surface area (TPSA) is 128 Å². The van der Waals surface area contributed by atoms with Crippen LogP contribution in [0.2, 0.25) is 0 Å². The lowest BCUT2D eigenvalue weighted by molar-refractivity contribution is -0.0621. The molecule has 22 heavy (non-hydrogen) atoms. The zero-order chi connectivity index (χ0) is 16.1. The van der Waals surface area contributed by atoms with E-state index in [9.17, 15) is 14.3 Å². The molecule has 1 aliphatic rings. The SMILES string of the molecule is COC[C@H]1O[C@@H](n2cnc3c(=O)[nH]c(N)nc32)[C@](C)(F)[C@@H]1O. The van der Waals surface area contributed by atoms with Crippen molar-refractivity contribution in [2.75, 3.05) is 19.5 Å². The van der Waals surface area contributed by atoms with E-state index in [-0.39, 0.29) is 23.7 Å². The average Bonchev–Trinajstić information content (AvgIpc) is 2.94. The summed E-state index contributed by atoms with van der Waals surface area (Å²) < 4.78 is 26.6. The summed E-state index contributed by atoms with van der Waals surface area (Å²) in [7, 11) is 1.42. The number of nitrogens with zero attached hydrogens (tertiary/aromatic N) is 3. The molecule has 4 atom stereocenters. The number of alkyl halides is 1. The molecule has 120 valence electrons. The molecule has 1 aliphatic heterocycles. The van der Waals surface area contributed by atoms with Crippen LogP contribution in [0.5, 0.6) is 0 Å². The van der Waals surface area contributed by atoms with Gasteiger partial charge in [-0.3, -0.25) is 14.3 Å². The third-order valence-electron chi connectivity index (χ3n) is 3.75. The summed E-state index contributed by atoms with van der Waals surface area (Å²) in [5.74, 6) is -0.119. The van der Waals surface area contributed by atoms with E-state index in [4.69, 9.17) is 15.2 Å². The highest BCUT2D eigenvalue weighted by Crippen LogP contribution is 2.42. The van der Waals surface area contributed by atoms with Gasteiger partial charge in [0.15, 0.2) is 23.1 Å². The van der Waals surface area contributed by atoms with Gasteiger partial charge in [-0.1, -0.05) is 0 Å². The van der Waals surface area contributed by atoms with E-state index in [1.165, 1.54) is 24.9 Å². The molecular weight excluding hydrogens is 297 g/mol. The Morgan fingerprint density at radius 3 is 3.09 bits per heavy atom. The molecular formula is C12H16FN5O4. The van der Waals surface area contributed by atoms with Gasteiger partial charge < -0.3 is 20.3 Å². The molecule has 3 rings (SSSR count). The maximum absolute atomic E-state index is 14.9. The van der Waals surface area contributed by atoms with Gasteiger partial charge in [-0.15, -0.1) is 0 Å². The number of anilines is 1. The van der Waals surface area contributed by atoms with Crippen molar-refractivity contribution in [3.05, 3.63) is 16.7 Å². The van der Waals surface area contributed by atoms with Crippen LogP contribution in [0, 0.1) is 0 Å². The number of hydrogen-bond acceptors (Lipinski definition) is 7. The van der Waals surface area contributed by atoms with Crippen LogP contribution in [0.25, 0.3) is 11.2 Å². The van der Waals surface area contributed by atoms with E-state index in [1.54, 1.807) is 0 Å². The number of imidazole rings is 1. The number of aromatic nitrogens is 4. The smallest absolute Gasteiger partial charge is 0.280 e. The van der Waals surface area contributed by atoms with Crippen molar-refractivity contribution >= 4 is 17.1 Å². The molecule has 1 fully saturated rings. The van der Waals surface area contributed by atoms with Crippen LogP contribution in [-0.2, 0) is 9.47 Å².